The molecule has 124 valence electrons. The summed E-state index contributed by atoms with van der Waals surface area (Å²) in [6.07, 6.45) is 3.98. The maximum atomic E-state index is 6.24. The second kappa shape index (κ2) is 5.63. The van der Waals surface area contributed by atoms with Crippen molar-refractivity contribution in [3.8, 4) is 5.88 Å². The lowest BCUT2D eigenvalue weighted by atomic mass is 9.75. The largest absolute Gasteiger partial charge is 0.475 e. The van der Waals surface area contributed by atoms with Crippen molar-refractivity contribution in [1.82, 2.24) is 14.9 Å². The Balaban J connectivity index is 1.43. The van der Waals surface area contributed by atoms with Gasteiger partial charge in [-0.25, -0.2) is 15.0 Å². The van der Waals surface area contributed by atoms with Crippen molar-refractivity contribution in [2.45, 2.75) is 38.4 Å². The molecule has 2 bridgehead atoms. The first kappa shape index (κ1) is 14.7. The Morgan fingerprint density at radius 3 is 2.87 bits per heavy atom. The Morgan fingerprint density at radius 1 is 1.35 bits per heavy atom. The number of piperidine rings is 3. The lowest BCUT2D eigenvalue weighted by molar-refractivity contribution is -0.0829. The standard InChI is InChI=1S/C16H23N5O2/c1-11(2)22-14-7-13(18-10-19-14)20-15-17-8-16(23-15)9-21-5-3-12(16)4-6-21/h7,10-12H,3-6,8-9H2,1-2H3,(H,17,18,19,20). The number of rotatable bonds is 3. The van der Waals surface area contributed by atoms with Crippen molar-refractivity contribution >= 4 is 11.8 Å². The van der Waals surface area contributed by atoms with Gasteiger partial charge in [-0.1, -0.05) is 0 Å². The highest BCUT2D eigenvalue weighted by atomic mass is 16.5. The third-order valence-corrected chi connectivity index (χ3v) is 4.85. The minimum Gasteiger partial charge on any atom is -0.475 e. The van der Waals surface area contributed by atoms with Gasteiger partial charge in [0.05, 0.1) is 12.6 Å². The van der Waals surface area contributed by atoms with Gasteiger partial charge in [0.25, 0.3) is 6.02 Å². The van der Waals surface area contributed by atoms with E-state index >= 15 is 0 Å². The zero-order valence-corrected chi connectivity index (χ0v) is 13.7. The number of amidine groups is 1. The molecular formula is C16H23N5O2. The highest BCUT2D eigenvalue weighted by Gasteiger charge is 2.51. The van der Waals surface area contributed by atoms with Crippen LogP contribution < -0.4 is 10.1 Å². The molecule has 1 aromatic heterocycles. The third kappa shape index (κ3) is 2.85. The van der Waals surface area contributed by atoms with Crippen LogP contribution in [0.1, 0.15) is 26.7 Å². The molecule has 1 N–H and O–H groups in total. The van der Waals surface area contributed by atoms with E-state index in [0.29, 0.717) is 23.6 Å². The van der Waals surface area contributed by atoms with Crippen molar-refractivity contribution in [2.75, 3.05) is 31.5 Å². The summed E-state index contributed by atoms with van der Waals surface area (Å²) in [6, 6.07) is 2.33. The zero-order chi connectivity index (χ0) is 15.9. The molecule has 23 heavy (non-hydrogen) atoms. The smallest absolute Gasteiger partial charge is 0.291 e. The maximum Gasteiger partial charge on any atom is 0.291 e. The first-order valence-electron chi connectivity index (χ1n) is 8.34. The summed E-state index contributed by atoms with van der Waals surface area (Å²) in [5, 5.41) is 3.16. The van der Waals surface area contributed by atoms with E-state index in [1.165, 1.54) is 32.3 Å². The van der Waals surface area contributed by atoms with E-state index in [2.05, 4.69) is 25.2 Å². The molecule has 0 aromatic carbocycles. The predicted octanol–water partition coefficient (Wildman–Crippen LogP) is 1.53. The van der Waals surface area contributed by atoms with Gasteiger partial charge >= 0.3 is 0 Å². The summed E-state index contributed by atoms with van der Waals surface area (Å²) in [6.45, 7) is 8.04. The van der Waals surface area contributed by atoms with E-state index in [9.17, 15) is 0 Å². The number of nitrogens with zero attached hydrogens (tertiary/aromatic N) is 4. The Kier molecular flexibility index (Phi) is 3.60. The zero-order valence-electron chi connectivity index (χ0n) is 13.7. The van der Waals surface area contributed by atoms with Crippen molar-refractivity contribution in [2.24, 2.45) is 10.9 Å². The maximum absolute atomic E-state index is 6.24. The molecular weight excluding hydrogens is 294 g/mol. The Morgan fingerprint density at radius 2 is 2.17 bits per heavy atom. The van der Waals surface area contributed by atoms with E-state index < -0.39 is 0 Å². The second-order valence-electron chi connectivity index (χ2n) is 6.87. The van der Waals surface area contributed by atoms with Crippen molar-refractivity contribution in [1.29, 1.82) is 0 Å². The monoisotopic (exact) mass is 317 g/mol. The van der Waals surface area contributed by atoms with Crippen LogP contribution >= 0.6 is 0 Å². The van der Waals surface area contributed by atoms with Crippen LogP contribution in [0.3, 0.4) is 0 Å². The molecule has 3 saturated heterocycles. The van der Waals surface area contributed by atoms with Gasteiger partial charge in [0, 0.05) is 18.5 Å². The number of aromatic nitrogens is 2. The molecule has 1 aromatic rings. The molecule has 5 heterocycles. The summed E-state index contributed by atoms with van der Waals surface area (Å²) < 4.78 is 11.8. The van der Waals surface area contributed by atoms with E-state index in [0.717, 1.165) is 13.1 Å². The minimum atomic E-state index is -0.136. The number of ether oxygens (including phenoxy) is 2. The molecule has 3 fully saturated rings. The summed E-state index contributed by atoms with van der Waals surface area (Å²) in [5.74, 6) is 1.81. The first-order chi connectivity index (χ1) is 11.1. The normalized spacial score (nSPS) is 32.0. The molecule has 7 nitrogen and oxygen atoms in total. The van der Waals surface area contributed by atoms with Crippen LogP contribution in [-0.2, 0) is 4.74 Å². The highest BCUT2D eigenvalue weighted by molar-refractivity contribution is 5.89. The topological polar surface area (TPSA) is 71.9 Å². The number of aliphatic imine (C=N–C) groups is 1. The Bertz CT molecular complexity index is 612. The molecule has 0 amide bonds. The van der Waals surface area contributed by atoms with Crippen molar-refractivity contribution in [3.05, 3.63) is 12.4 Å². The minimum absolute atomic E-state index is 0.0768. The fourth-order valence-electron chi connectivity index (χ4n) is 3.77. The number of hydrogen-bond acceptors (Lipinski definition) is 7. The molecule has 5 rings (SSSR count). The van der Waals surface area contributed by atoms with Crippen LogP contribution in [-0.4, -0.2) is 58.8 Å². The van der Waals surface area contributed by atoms with Crippen molar-refractivity contribution in [3.63, 3.8) is 0 Å². The van der Waals surface area contributed by atoms with E-state index in [4.69, 9.17) is 9.47 Å². The number of hydrogen-bond donors (Lipinski definition) is 1. The summed E-state index contributed by atoms with van der Waals surface area (Å²) >= 11 is 0. The van der Waals surface area contributed by atoms with Gasteiger partial charge in [0.2, 0.25) is 5.88 Å². The van der Waals surface area contributed by atoms with Gasteiger partial charge in [-0.15, -0.1) is 0 Å². The molecule has 1 atom stereocenters. The van der Waals surface area contributed by atoms with Crippen LogP contribution in [0.15, 0.2) is 17.4 Å². The first-order valence-corrected chi connectivity index (χ1v) is 8.34. The number of anilines is 1. The van der Waals surface area contributed by atoms with Gasteiger partial charge in [0.1, 0.15) is 17.7 Å². The molecule has 1 unspecified atom stereocenters. The van der Waals surface area contributed by atoms with Crippen LogP contribution in [0.25, 0.3) is 0 Å². The second-order valence-corrected chi connectivity index (χ2v) is 6.87. The van der Waals surface area contributed by atoms with E-state index in [1.54, 1.807) is 6.07 Å². The molecule has 0 saturated carbocycles. The average Bonchev–Trinajstić information content (AvgIpc) is 2.90. The van der Waals surface area contributed by atoms with Crippen LogP contribution in [0, 0.1) is 5.92 Å². The molecule has 1 spiro atoms. The fraction of sp³-hybridized carbons (Fsp3) is 0.688. The van der Waals surface area contributed by atoms with Crippen LogP contribution in [0.2, 0.25) is 0 Å². The van der Waals surface area contributed by atoms with Crippen LogP contribution in [0.5, 0.6) is 5.88 Å². The Labute approximate surface area is 136 Å². The van der Waals surface area contributed by atoms with Gasteiger partial charge in [0.15, 0.2) is 0 Å². The van der Waals surface area contributed by atoms with Crippen LogP contribution in [0.4, 0.5) is 5.82 Å². The van der Waals surface area contributed by atoms with Gasteiger partial charge in [-0.05, 0) is 39.8 Å². The average molecular weight is 317 g/mol. The van der Waals surface area contributed by atoms with Gasteiger partial charge in [-0.2, -0.15) is 0 Å². The lowest BCUT2D eigenvalue weighted by Crippen LogP contribution is -2.61. The molecule has 7 heteroatoms. The SMILES string of the molecule is CC(C)Oc1cc(NC2=NCC3(CN4CCC3CC4)O2)ncn1. The fourth-order valence-corrected chi connectivity index (χ4v) is 3.77. The number of nitrogens with one attached hydrogen (secondary N) is 1. The van der Waals surface area contributed by atoms with E-state index in [-0.39, 0.29) is 11.7 Å². The molecule has 4 aliphatic heterocycles. The summed E-state index contributed by atoms with van der Waals surface area (Å²) in [7, 11) is 0. The molecule has 4 aliphatic rings. The third-order valence-electron chi connectivity index (χ3n) is 4.85. The molecule has 0 aliphatic carbocycles. The van der Waals surface area contributed by atoms with Crippen molar-refractivity contribution < 1.29 is 9.47 Å². The lowest BCUT2D eigenvalue weighted by Gasteiger charge is -2.50. The quantitative estimate of drug-likeness (QED) is 0.911. The summed E-state index contributed by atoms with van der Waals surface area (Å²) in [5.41, 5.74) is -0.136. The predicted molar refractivity (Wildman–Crippen MR) is 86.7 cm³/mol. The van der Waals surface area contributed by atoms with Gasteiger partial charge in [-0.3, -0.25) is 10.2 Å². The van der Waals surface area contributed by atoms with Gasteiger partial charge < -0.3 is 9.47 Å². The molecule has 0 radical (unpaired) electrons. The Hall–Kier alpha value is -1.89. The van der Waals surface area contributed by atoms with E-state index in [1.807, 2.05) is 13.8 Å². The number of fused-ring (bicyclic) bond motifs is 2. The summed E-state index contributed by atoms with van der Waals surface area (Å²) in [4.78, 5) is 15.4. The highest BCUT2D eigenvalue weighted by Crippen LogP contribution is 2.40.